The van der Waals surface area contributed by atoms with Crippen molar-refractivity contribution in [2.75, 3.05) is 59.5 Å². The summed E-state index contributed by atoms with van der Waals surface area (Å²) in [6.07, 6.45) is 1.54. The minimum atomic E-state index is -0.437. The van der Waals surface area contributed by atoms with E-state index in [1.54, 1.807) is 0 Å². The molecule has 0 radical (unpaired) electrons. The Labute approximate surface area is 207 Å². The van der Waals surface area contributed by atoms with Gasteiger partial charge in [-0.15, -0.1) is 0 Å². The van der Waals surface area contributed by atoms with Crippen LogP contribution in [0.25, 0.3) is 0 Å². The number of carbonyl (C=O) groups is 2. The Balaban J connectivity index is 1.50. The molecule has 10 nitrogen and oxygen atoms in total. The van der Waals surface area contributed by atoms with Gasteiger partial charge in [0.1, 0.15) is 18.0 Å². The van der Waals surface area contributed by atoms with Crippen molar-refractivity contribution in [3.8, 4) is 5.75 Å². The maximum atomic E-state index is 13.2. The lowest BCUT2D eigenvalue weighted by molar-refractivity contribution is -0.129. The van der Waals surface area contributed by atoms with E-state index in [-0.39, 0.29) is 36.4 Å². The molecule has 10 heteroatoms. The molecule has 4 N–H and O–H groups in total. The van der Waals surface area contributed by atoms with Crippen molar-refractivity contribution >= 4 is 11.7 Å². The zero-order valence-corrected chi connectivity index (χ0v) is 21.1. The molecule has 1 amide bonds. The molecule has 0 aliphatic carbocycles. The lowest BCUT2D eigenvalue weighted by Crippen LogP contribution is -2.62. The van der Waals surface area contributed by atoms with Crippen LogP contribution in [0.15, 0.2) is 18.2 Å². The van der Waals surface area contributed by atoms with Crippen LogP contribution in [-0.4, -0.2) is 109 Å². The van der Waals surface area contributed by atoms with Crippen LogP contribution in [0, 0.1) is 0 Å². The molecule has 0 aromatic heterocycles. The van der Waals surface area contributed by atoms with Gasteiger partial charge in [0.05, 0.1) is 25.8 Å². The van der Waals surface area contributed by atoms with Crippen molar-refractivity contribution in [1.29, 1.82) is 0 Å². The highest BCUT2D eigenvalue weighted by atomic mass is 16.5. The van der Waals surface area contributed by atoms with E-state index in [2.05, 4.69) is 32.8 Å². The molecule has 1 aromatic rings. The number of likely N-dealkylation sites (N-methyl/N-ethyl adjacent to an activating group) is 1. The second kappa shape index (κ2) is 11.8. The minimum Gasteiger partial charge on any atom is -0.493 e. The van der Waals surface area contributed by atoms with Crippen LogP contribution < -0.4 is 20.8 Å². The van der Waals surface area contributed by atoms with Gasteiger partial charge in [-0.2, -0.15) is 0 Å². The first-order valence-electron chi connectivity index (χ1n) is 12.9. The quantitative estimate of drug-likeness (QED) is 0.337. The maximum Gasteiger partial charge on any atom is 0.241 e. The van der Waals surface area contributed by atoms with E-state index in [4.69, 9.17) is 9.84 Å². The molecule has 4 rings (SSSR count). The largest absolute Gasteiger partial charge is 0.493 e. The molecule has 0 bridgehead atoms. The second-order valence-corrected chi connectivity index (χ2v) is 9.66. The van der Waals surface area contributed by atoms with E-state index in [0.29, 0.717) is 31.0 Å². The fraction of sp³-hybridized carbons (Fsp3) is 0.680. The first kappa shape index (κ1) is 26.0. The Morgan fingerprint density at radius 2 is 1.91 bits per heavy atom. The van der Waals surface area contributed by atoms with Crippen LogP contribution in [0.5, 0.6) is 5.75 Å². The van der Waals surface area contributed by atoms with Gasteiger partial charge in [-0.05, 0) is 31.5 Å². The van der Waals surface area contributed by atoms with Crippen LogP contribution >= 0.6 is 0 Å². The van der Waals surface area contributed by atoms with E-state index in [1.165, 1.54) is 0 Å². The Morgan fingerprint density at radius 1 is 1.17 bits per heavy atom. The SMILES string of the molecule is CCCC1NN(C)C2C(=O)NC(c3cc(C(=O)CN4CCN(CCO)CC4)ccc3OCC)NC12. The smallest absolute Gasteiger partial charge is 0.241 e. The third-order valence-corrected chi connectivity index (χ3v) is 7.27. The number of aliphatic hydroxyl groups excluding tert-OH is 1. The average molecular weight is 489 g/mol. The highest BCUT2D eigenvalue weighted by Gasteiger charge is 2.48. The monoisotopic (exact) mass is 488 g/mol. The molecule has 194 valence electrons. The highest BCUT2D eigenvalue weighted by molar-refractivity contribution is 5.98. The maximum absolute atomic E-state index is 13.2. The molecule has 3 saturated heterocycles. The van der Waals surface area contributed by atoms with Gasteiger partial charge in [0.2, 0.25) is 5.91 Å². The molecule has 4 unspecified atom stereocenters. The number of fused-ring (bicyclic) bond motifs is 1. The standard InChI is InChI=1S/C25H40N6O4/c1-4-6-19-22-23(29(3)28-19)25(34)27-24(26-22)18-15-17(7-8-21(18)35-5-2)20(33)16-31-11-9-30(10-12-31)13-14-32/h7-8,15,19,22-24,26,28,32H,4-6,9-14,16H2,1-3H3,(H,27,34). The number of aliphatic hydroxyl groups is 1. The number of hydrazine groups is 1. The molecule has 3 fully saturated rings. The number of ether oxygens (including phenoxy) is 1. The van der Waals surface area contributed by atoms with Gasteiger partial charge in [-0.3, -0.25) is 24.7 Å². The molecule has 35 heavy (non-hydrogen) atoms. The predicted molar refractivity (Wildman–Crippen MR) is 133 cm³/mol. The summed E-state index contributed by atoms with van der Waals surface area (Å²) in [6.45, 7) is 9.06. The van der Waals surface area contributed by atoms with Crippen molar-refractivity contribution in [2.45, 2.75) is 51.0 Å². The number of carbonyl (C=O) groups excluding carboxylic acids is 2. The van der Waals surface area contributed by atoms with Crippen LogP contribution in [0.3, 0.4) is 0 Å². The number of amides is 1. The third-order valence-electron chi connectivity index (χ3n) is 7.27. The van der Waals surface area contributed by atoms with Gasteiger partial charge in [0, 0.05) is 56.9 Å². The van der Waals surface area contributed by atoms with Gasteiger partial charge >= 0.3 is 0 Å². The van der Waals surface area contributed by atoms with Gasteiger partial charge in [-0.25, -0.2) is 10.4 Å². The lowest BCUT2D eigenvalue weighted by Gasteiger charge is -2.37. The van der Waals surface area contributed by atoms with Crippen LogP contribution in [0.1, 0.15) is 48.8 Å². The first-order valence-corrected chi connectivity index (χ1v) is 12.9. The van der Waals surface area contributed by atoms with E-state index in [1.807, 2.05) is 37.2 Å². The van der Waals surface area contributed by atoms with Gasteiger partial charge < -0.3 is 15.2 Å². The van der Waals surface area contributed by atoms with Crippen LogP contribution in [0.2, 0.25) is 0 Å². The molecule has 3 aliphatic rings. The summed E-state index contributed by atoms with van der Waals surface area (Å²) in [5.74, 6) is 0.688. The number of nitrogens with one attached hydrogen (secondary N) is 3. The van der Waals surface area contributed by atoms with Crippen molar-refractivity contribution in [2.24, 2.45) is 0 Å². The molecule has 3 heterocycles. The number of ketones is 1. The van der Waals surface area contributed by atoms with Crippen LogP contribution in [0.4, 0.5) is 0 Å². The Hall–Kier alpha value is -2.08. The first-order chi connectivity index (χ1) is 16.9. The van der Waals surface area contributed by atoms with Crippen molar-refractivity contribution in [3.05, 3.63) is 29.3 Å². The predicted octanol–water partition coefficient (Wildman–Crippen LogP) is -0.0482. The van der Waals surface area contributed by atoms with E-state index in [9.17, 15) is 9.59 Å². The number of Topliss-reactive ketones (excluding diaryl/α,β-unsaturated/α-hetero) is 1. The van der Waals surface area contributed by atoms with Crippen molar-refractivity contribution in [1.82, 2.24) is 30.9 Å². The Bertz CT molecular complexity index is 891. The Morgan fingerprint density at radius 3 is 2.60 bits per heavy atom. The van der Waals surface area contributed by atoms with Crippen molar-refractivity contribution < 1.29 is 19.4 Å². The summed E-state index contributed by atoms with van der Waals surface area (Å²) in [5.41, 5.74) is 4.82. The number of benzene rings is 1. The number of hydrogen-bond donors (Lipinski definition) is 4. The highest BCUT2D eigenvalue weighted by Crippen LogP contribution is 2.31. The number of nitrogens with zero attached hydrogens (tertiary/aromatic N) is 3. The summed E-state index contributed by atoms with van der Waals surface area (Å²) < 4.78 is 5.89. The number of piperazine rings is 1. The summed E-state index contributed by atoms with van der Waals surface area (Å²) in [4.78, 5) is 30.6. The minimum absolute atomic E-state index is 0.0349. The molecular formula is C25H40N6O4. The average Bonchev–Trinajstić information content (AvgIpc) is 3.16. The van der Waals surface area contributed by atoms with E-state index in [0.717, 1.165) is 44.6 Å². The fourth-order valence-corrected chi connectivity index (χ4v) is 5.46. The van der Waals surface area contributed by atoms with Gasteiger partial charge in [-0.1, -0.05) is 13.3 Å². The summed E-state index contributed by atoms with van der Waals surface area (Å²) in [6, 6.07) is 5.36. The molecule has 4 atom stereocenters. The van der Waals surface area contributed by atoms with Gasteiger partial charge in [0.25, 0.3) is 0 Å². The number of rotatable bonds is 10. The molecule has 1 aromatic carbocycles. The molecule has 0 spiro atoms. The van der Waals surface area contributed by atoms with E-state index >= 15 is 0 Å². The third kappa shape index (κ3) is 5.84. The normalized spacial score (nSPS) is 28.1. The second-order valence-electron chi connectivity index (χ2n) is 9.66. The summed E-state index contributed by atoms with van der Waals surface area (Å²) >= 11 is 0. The van der Waals surface area contributed by atoms with E-state index < -0.39 is 6.17 Å². The summed E-state index contributed by atoms with van der Waals surface area (Å²) in [5, 5.41) is 17.8. The van der Waals surface area contributed by atoms with Crippen LogP contribution in [-0.2, 0) is 4.79 Å². The Kier molecular flexibility index (Phi) is 8.74. The number of hydrogen-bond acceptors (Lipinski definition) is 9. The summed E-state index contributed by atoms with van der Waals surface area (Å²) in [7, 11) is 1.91. The zero-order valence-electron chi connectivity index (χ0n) is 21.1. The lowest BCUT2D eigenvalue weighted by atomic mass is 9.94. The van der Waals surface area contributed by atoms with Crippen molar-refractivity contribution in [3.63, 3.8) is 0 Å². The topological polar surface area (TPSA) is 109 Å². The van der Waals surface area contributed by atoms with Gasteiger partial charge in [0.15, 0.2) is 5.78 Å². The zero-order chi connectivity index (χ0) is 24.9. The number of β-amino-alcohol motifs (C(OH)–C–C–N with tert-alkyl or cyclic N) is 1. The molecule has 0 saturated carbocycles. The fourth-order valence-electron chi connectivity index (χ4n) is 5.46. The molecule has 3 aliphatic heterocycles. The molecular weight excluding hydrogens is 448 g/mol.